The number of rotatable bonds is 50. The van der Waals surface area contributed by atoms with Crippen LogP contribution in [-0.4, -0.2) is 37.2 Å². The molecule has 67 heavy (non-hydrogen) atoms. The molecule has 0 amide bonds. The van der Waals surface area contributed by atoms with Crippen LogP contribution in [0.25, 0.3) is 0 Å². The van der Waals surface area contributed by atoms with E-state index in [1.54, 1.807) is 0 Å². The lowest BCUT2D eigenvalue weighted by atomic mass is 10.1. The van der Waals surface area contributed by atoms with Crippen LogP contribution in [0.15, 0.2) is 85.1 Å². The fourth-order valence-electron chi connectivity index (χ4n) is 7.68. The highest BCUT2D eigenvalue weighted by Crippen LogP contribution is 2.15. The monoisotopic (exact) mass is 933 g/mol. The Morgan fingerprint density at radius 1 is 0.313 bits per heavy atom. The maximum atomic E-state index is 12.7. The first kappa shape index (κ1) is 63.6. The minimum Gasteiger partial charge on any atom is -0.462 e. The Labute approximate surface area is 414 Å². The molecule has 0 saturated carbocycles. The van der Waals surface area contributed by atoms with Gasteiger partial charge in [-0.05, 0) is 96.3 Å². The molecule has 0 aliphatic rings. The van der Waals surface area contributed by atoms with Crippen molar-refractivity contribution in [3.63, 3.8) is 0 Å². The van der Waals surface area contributed by atoms with Gasteiger partial charge in [0.25, 0.3) is 0 Å². The molecule has 0 N–H and O–H groups in total. The number of unbranched alkanes of at least 4 members (excludes halogenated alkanes) is 25. The number of allylic oxidation sites excluding steroid dienone is 14. The summed E-state index contributed by atoms with van der Waals surface area (Å²) in [5.41, 5.74) is 0. The van der Waals surface area contributed by atoms with E-state index in [1.807, 2.05) is 0 Å². The number of hydrogen-bond acceptors (Lipinski definition) is 6. The van der Waals surface area contributed by atoms with Gasteiger partial charge in [-0.25, -0.2) is 0 Å². The summed E-state index contributed by atoms with van der Waals surface area (Å²) < 4.78 is 16.7. The van der Waals surface area contributed by atoms with Gasteiger partial charge in [0.05, 0.1) is 0 Å². The number of carbonyl (C=O) groups excluding carboxylic acids is 3. The highest BCUT2D eigenvalue weighted by Gasteiger charge is 2.19. The lowest BCUT2D eigenvalue weighted by Crippen LogP contribution is -2.30. The number of hydrogen-bond donors (Lipinski definition) is 0. The van der Waals surface area contributed by atoms with Crippen LogP contribution in [0.4, 0.5) is 0 Å². The summed E-state index contributed by atoms with van der Waals surface area (Å²) in [6.07, 6.45) is 71.8. The Balaban J connectivity index is 4.10. The first-order valence-electron chi connectivity index (χ1n) is 28.1. The van der Waals surface area contributed by atoms with Crippen LogP contribution in [0.5, 0.6) is 0 Å². The van der Waals surface area contributed by atoms with Crippen LogP contribution in [-0.2, 0) is 28.6 Å². The SMILES string of the molecule is CC/C=C\C/C=C\C/C=C\C/C=C\C/C=C\C/C=C\CCCCCCCCCCCCC(=O)OCC(COC(=O)CCCCCCCC)OC(=O)CCCCCCC/C=C\CCCCCCC. The van der Waals surface area contributed by atoms with E-state index in [0.29, 0.717) is 19.3 Å². The molecule has 0 radical (unpaired) electrons. The molecule has 0 aromatic heterocycles. The summed E-state index contributed by atoms with van der Waals surface area (Å²) in [5.74, 6) is -0.900. The third kappa shape index (κ3) is 53.4. The van der Waals surface area contributed by atoms with Crippen molar-refractivity contribution in [2.75, 3.05) is 13.2 Å². The standard InChI is InChI=1S/C61H104O6/c1-4-7-10-13-16-18-20-22-24-25-26-27-28-29-30-31-32-33-34-35-36-37-38-40-41-43-45-48-51-54-60(63)66-57-58(56-65-59(62)53-50-47-15-12-9-6-3)67-61(64)55-52-49-46-44-42-39-23-21-19-17-14-11-8-5-2/h7,10,16,18,21-24,26-27,29-30,32-33,58H,4-6,8-9,11-15,17,19-20,25,28,31,34-57H2,1-3H3/b10-7-,18-16-,23-21-,24-22-,27-26-,30-29-,33-32-. The van der Waals surface area contributed by atoms with Crippen molar-refractivity contribution >= 4 is 17.9 Å². The van der Waals surface area contributed by atoms with E-state index in [1.165, 1.54) is 116 Å². The lowest BCUT2D eigenvalue weighted by molar-refractivity contribution is -0.167. The summed E-state index contributed by atoms with van der Waals surface area (Å²) in [7, 11) is 0. The summed E-state index contributed by atoms with van der Waals surface area (Å²) in [6, 6.07) is 0. The Hall–Kier alpha value is -3.41. The van der Waals surface area contributed by atoms with Gasteiger partial charge in [0, 0.05) is 19.3 Å². The van der Waals surface area contributed by atoms with Crippen LogP contribution in [0.2, 0.25) is 0 Å². The third-order valence-corrected chi connectivity index (χ3v) is 11.9. The smallest absolute Gasteiger partial charge is 0.306 e. The topological polar surface area (TPSA) is 78.9 Å². The van der Waals surface area contributed by atoms with E-state index >= 15 is 0 Å². The van der Waals surface area contributed by atoms with Crippen molar-refractivity contribution in [2.45, 2.75) is 271 Å². The van der Waals surface area contributed by atoms with E-state index in [2.05, 4.69) is 106 Å². The maximum Gasteiger partial charge on any atom is 0.306 e. The normalized spacial score (nSPS) is 12.7. The quantitative estimate of drug-likeness (QED) is 0.0262. The van der Waals surface area contributed by atoms with Gasteiger partial charge in [0.15, 0.2) is 6.10 Å². The number of ether oxygens (including phenoxy) is 3. The largest absolute Gasteiger partial charge is 0.462 e. The summed E-state index contributed by atoms with van der Waals surface area (Å²) in [4.78, 5) is 37.8. The van der Waals surface area contributed by atoms with Gasteiger partial charge in [-0.2, -0.15) is 0 Å². The van der Waals surface area contributed by atoms with Gasteiger partial charge >= 0.3 is 17.9 Å². The average Bonchev–Trinajstić information content (AvgIpc) is 3.33. The Morgan fingerprint density at radius 3 is 0.925 bits per heavy atom. The molecule has 6 heteroatoms. The number of esters is 3. The molecule has 6 nitrogen and oxygen atoms in total. The molecule has 0 rings (SSSR count). The second-order valence-electron chi connectivity index (χ2n) is 18.5. The summed E-state index contributed by atoms with van der Waals surface area (Å²) >= 11 is 0. The molecule has 0 fully saturated rings. The second-order valence-corrected chi connectivity index (χ2v) is 18.5. The zero-order valence-corrected chi connectivity index (χ0v) is 43.9. The Bertz CT molecular complexity index is 1300. The predicted molar refractivity (Wildman–Crippen MR) is 288 cm³/mol. The molecule has 0 bridgehead atoms. The highest BCUT2D eigenvalue weighted by atomic mass is 16.6. The molecular weight excluding hydrogens is 829 g/mol. The highest BCUT2D eigenvalue weighted by molar-refractivity contribution is 5.71. The zero-order chi connectivity index (χ0) is 48.6. The van der Waals surface area contributed by atoms with Gasteiger partial charge in [0.2, 0.25) is 0 Å². The van der Waals surface area contributed by atoms with Crippen LogP contribution < -0.4 is 0 Å². The first-order valence-corrected chi connectivity index (χ1v) is 28.1. The molecule has 0 aromatic carbocycles. The van der Waals surface area contributed by atoms with Crippen LogP contribution in [0.1, 0.15) is 265 Å². The molecule has 1 unspecified atom stereocenters. The van der Waals surface area contributed by atoms with Crippen molar-refractivity contribution in [3.8, 4) is 0 Å². The summed E-state index contributed by atoms with van der Waals surface area (Å²) in [6.45, 7) is 6.45. The van der Waals surface area contributed by atoms with Crippen molar-refractivity contribution < 1.29 is 28.6 Å². The predicted octanol–water partition coefficient (Wildman–Crippen LogP) is 18.8. The summed E-state index contributed by atoms with van der Waals surface area (Å²) in [5, 5.41) is 0. The molecule has 0 aromatic rings. The minimum atomic E-state index is -0.778. The molecular formula is C61H104O6. The van der Waals surface area contributed by atoms with E-state index < -0.39 is 6.10 Å². The minimum absolute atomic E-state index is 0.0799. The van der Waals surface area contributed by atoms with E-state index in [4.69, 9.17) is 14.2 Å². The third-order valence-electron chi connectivity index (χ3n) is 11.9. The van der Waals surface area contributed by atoms with Gasteiger partial charge < -0.3 is 14.2 Å². The van der Waals surface area contributed by atoms with Crippen LogP contribution >= 0.6 is 0 Å². The van der Waals surface area contributed by atoms with Gasteiger partial charge in [-0.15, -0.1) is 0 Å². The van der Waals surface area contributed by atoms with Gasteiger partial charge in [0.1, 0.15) is 13.2 Å². The fraction of sp³-hybridized carbons (Fsp3) is 0.721. The van der Waals surface area contributed by atoms with Crippen molar-refractivity contribution in [1.82, 2.24) is 0 Å². The molecule has 0 spiro atoms. The molecule has 0 heterocycles. The Kier molecular flexibility index (Phi) is 52.4. The van der Waals surface area contributed by atoms with E-state index in [0.717, 1.165) is 109 Å². The fourth-order valence-corrected chi connectivity index (χ4v) is 7.68. The maximum absolute atomic E-state index is 12.7. The number of carbonyl (C=O) groups is 3. The lowest BCUT2D eigenvalue weighted by Gasteiger charge is -2.18. The van der Waals surface area contributed by atoms with Crippen molar-refractivity contribution in [3.05, 3.63) is 85.1 Å². The molecule has 1 atom stereocenters. The van der Waals surface area contributed by atoms with Gasteiger partial charge in [-0.1, -0.05) is 234 Å². The zero-order valence-electron chi connectivity index (χ0n) is 43.9. The molecule has 0 saturated heterocycles. The van der Waals surface area contributed by atoms with Crippen LogP contribution in [0.3, 0.4) is 0 Å². The van der Waals surface area contributed by atoms with Crippen molar-refractivity contribution in [2.24, 2.45) is 0 Å². The van der Waals surface area contributed by atoms with E-state index in [-0.39, 0.29) is 31.1 Å². The van der Waals surface area contributed by atoms with Gasteiger partial charge in [-0.3, -0.25) is 14.4 Å². The van der Waals surface area contributed by atoms with E-state index in [9.17, 15) is 14.4 Å². The second kappa shape index (κ2) is 55.2. The average molecular weight is 933 g/mol. The Morgan fingerprint density at radius 2 is 0.582 bits per heavy atom. The van der Waals surface area contributed by atoms with Crippen molar-refractivity contribution in [1.29, 1.82) is 0 Å². The molecule has 384 valence electrons. The first-order chi connectivity index (χ1) is 33.0. The van der Waals surface area contributed by atoms with Crippen LogP contribution in [0, 0.1) is 0 Å². The molecule has 0 aliphatic carbocycles. The molecule has 0 aliphatic heterocycles.